The van der Waals surface area contributed by atoms with Crippen LogP contribution in [0.4, 0.5) is 0 Å². The van der Waals surface area contributed by atoms with Crippen LogP contribution in [0.2, 0.25) is 0 Å². The summed E-state index contributed by atoms with van der Waals surface area (Å²) in [7, 11) is 0. The van der Waals surface area contributed by atoms with Crippen molar-refractivity contribution >= 4 is 5.97 Å². The molecule has 0 unspecified atom stereocenters. The van der Waals surface area contributed by atoms with Crippen molar-refractivity contribution in [3.8, 4) is 0 Å². The Morgan fingerprint density at radius 1 is 0.341 bits per heavy atom. The average molecular weight is 622 g/mol. The second kappa shape index (κ2) is 38.6. The Balaban J connectivity index is 3.68. The Morgan fingerprint density at radius 3 is 0.773 bits per heavy atom. The lowest BCUT2D eigenvalue weighted by molar-refractivity contribution is -0.137. The lowest BCUT2D eigenvalue weighted by atomic mass is 10.0. The van der Waals surface area contributed by atoms with Crippen molar-refractivity contribution in [1.82, 2.24) is 4.90 Å². The zero-order valence-corrected chi connectivity index (χ0v) is 30.7. The molecule has 0 bridgehead atoms. The van der Waals surface area contributed by atoms with Crippen molar-refractivity contribution in [3.05, 3.63) is 0 Å². The van der Waals surface area contributed by atoms with Crippen molar-refractivity contribution in [3.63, 3.8) is 0 Å². The number of unbranched alkanes of at least 4 members (excludes halogenated alkanes) is 31. The summed E-state index contributed by atoms with van der Waals surface area (Å²) in [6, 6.07) is 0. The zero-order chi connectivity index (χ0) is 32.0. The summed E-state index contributed by atoms with van der Waals surface area (Å²) in [5.74, 6) is -0.646. The van der Waals surface area contributed by atoms with Gasteiger partial charge in [-0.05, 0) is 45.3 Å². The summed E-state index contributed by atoms with van der Waals surface area (Å²) in [6.45, 7) is 8.11. The molecule has 44 heavy (non-hydrogen) atoms. The van der Waals surface area contributed by atoms with E-state index in [4.69, 9.17) is 5.11 Å². The third-order valence-corrected chi connectivity index (χ3v) is 9.77. The first-order valence-corrected chi connectivity index (χ1v) is 20.6. The Morgan fingerprint density at radius 2 is 0.545 bits per heavy atom. The molecule has 0 amide bonds. The molecule has 0 aromatic heterocycles. The first-order valence-electron chi connectivity index (χ1n) is 20.6. The summed E-state index contributed by atoms with van der Waals surface area (Å²) in [6.07, 6.45) is 47.7. The summed E-state index contributed by atoms with van der Waals surface area (Å²) in [4.78, 5) is 13.6. The lowest BCUT2D eigenvalue weighted by Gasteiger charge is -2.22. The molecule has 0 saturated heterocycles. The number of carboxylic acids is 1. The SMILES string of the molecule is CCCCCCCCCCCCCCCCCCN(CCCCCCCCCCCCCCCCCC)CCCCC(=O)O. The van der Waals surface area contributed by atoms with Gasteiger partial charge in [-0.1, -0.05) is 206 Å². The number of carbonyl (C=O) groups is 1. The van der Waals surface area contributed by atoms with Gasteiger partial charge in [-0.3, -0.25) is 4.79 Å². The molecule has 0 aliphatic carbocycles. The van der Waals surface area contributed by atoms with E-state index in [0.29, 0.717) is 6.42 Å². The van der Waals surface area contributed by atoms with E-state index in [0.717, 1.165) is 19.4 Å². The van der Waals surface area contributed by atoms with Crippen LogP contribution in [-0.4, -0.2) is 35.6 Å². The van der Waals surface area contributed by atoms with Crippen molar-refractivity contribution in [1.29, 1.82) is 0 Å². The van der Waals surface area contributed by atoms with E-state index >= 15 is 0 Å². The van der Waals surface area contributed by atoms with Crippen molar-refractivity contribution in [2.75, 3.05) is 19.6 Å². The quantitative estimate of drug-likeness (QED) is 0.0694. The van der Waals surface area contributed by atoms with E-state index in [2.05, 4.69) is 18.7 Å². The molecule has 1 N–H and O–H groups in total. The maximum atomic E-state index is 10.9. The van der Waals surface area contributed by atoms with Gasteiger partial charge >= 0.3 is 5.97 Å². The van der Waals surface area contributed by atoms with Gasteiger partial charge in [0, 0.05) is 6.42 Å². The maximum Gasteiger partial charge on any atom is 0.303 e. The van der Waals surface area contributed by atoms with E-state index in [1.54, 1.807) is 0 Å². The first kappa shape index (κ1) is 43.4. The minimum atomic E-state index is -0.646. The van der Waals surface area contributed by atoms with Gasteiger partial charge in [0.05, 0.1) is 0 Å². The van der Waals surface area contributed by atoms with Crippen molar-refractivity contribution < 1.29 is 9.90 Å². The molecule has 264 valence electrons. The highest BCUT2D eigenvalue weighted by atomic mass is 16.4. The molecular weight excluding hydrogens is 538 g/mol. The fourth-order valence-electron chi connectivity index (χ4n) is 6.71. The molecule has 0 saturated carbocycles. The standard InChI is InChI=1S/C41H83NO2/c1-3-5-7-9-11-13-15-17-19-21-23-25-27-29-31-34-38-42(40-36-33-37-41(43)44)39-35-32-30-28-26-24-22-20-18-16-14-12-10-8-6-4-2/h3-40H2,1-2H3,(H,43,44). The summed E-state index contributed by atoms with van der Waals surface area (Å²) >= 11 is 0. The maximum absolute atomic E-state index is 10.9. The topological polar surface area (TPSA) is 40.5 Å². The minimum absolute atomic E-state index is 0.325. The molecule has 0 aromatic carbocycles. The summed E-state index contributed by atoms with van der Waals surface area (Å²) in [5.41, 5.74) is 0. The predicted molar refractivity (Wildman–Crippen MR) is 197 cm³/mol. The van der Waals surface area contributed by atoms with E-state index in [9.17, 15) is 4.79 Å². The largest absolute Gasteiger partial charge is 0.481 e. The van der Waals surface area contributed by atoms with Crippen LogP contribution in [0.15, 0.2) is 0 Å². The van der Waals surface area contributed by atoms with E-state index < -0.39 is 5.97 Å². The van der Waals surface area contributed by atoms with Crippen molar-refractivity contribution in [2.45, 2.75) is 239 Å². The third kappa shape index (κ3) is 37.6. The van der Waals surface area contributed by atoms with Crippen LogP contribution in [0.25, 0.3) is 0 Å². The molecule has 0 rings (SSSR count). The molecule has 3 heteroatoms. The van der Waals surface area contributed by atoms with Gasteiger partial charge in [-0.2, -0.15) is 0 Å². The number of rotatable bonds is 39. The molecule has 0 radical (unpaired) electrons. The van der Waals surface area contributed by atoms with Gasteiger partial charge in [0.2, 0.25) is 0 Å². The van der Waals surface area contributed by atoms with Crippen LogP contribution >= 0.6 is 0 Å². The number of hydrogen-bond donors (Lipinski definition) is 1. The minimum Gasteiger partial charge on any atom is -0.481 e. The molecule has 0 aliphatic rings. The number of aliphatic carboxylic acids is 1. The second-order valence-corrected chi connectivity index (χ2v) is 14.3. The molecular formula is C41H83NO2. The fourth-order valence-corrected chi connectivity index (χ4v) is 6.71. The number of nitrogens with zero attached hydrogens (tertiary/aromatic N) is 1. The molecule has 3 nitrogen and oxygen atoms in total. The molecule has 0 spiro atoms. The zero-order valence-electron chi connectivity index (χ0n) is 30.7. The Bertz CT molecular complexity index is 501. The van der Waals surface area contributed by atoms with E-state index in [1.165, 1.54) is 219 Å². The Labute approximate surface area is 278 Å². The van der Waals surface area contributed by atoms with Crippen LogP contribution < -0.4 is 0 Å². The summed E-state index contributed by atoms with van der Waals surface area (Å²) in [5, 5.41) is 8.98. The smallest absolute Gasteiger partial charge is 0.303 e. The van der Waals surface area contributed by atoms with E-state index in [1.807, 2.05) is 0 Å². The van der Waals surface area contributed by atoms with Crippen molar-refractivity contribution in [2.24, 2.45) is 0 Å². The molecule has 0 aliphatic heterocycles. The van der Waals surface area contributed by atoms with Gasteiger partial charge in [0.15, 0.2) is 0 Å². The Kier molecular flexibility index (Phi) is 38.1. The number of hydrogen-bond acceptors (Lipinski definition) is 2. The van der Waals surface area contributed by atoms with Crippen LogP contribution in [0, 0.1) is 0 Å². The normalized spacial score (nSPS) is 11.6. The fraction of sp³-hybridized carbons (Fsp3) is 0.976. The van der Waals surface area contributed by atoms with Crippen LogP contribution in [-0.2, 0) is 4.79 Å². The second-order valence-electron chi connectivity index (χ2n) is 14.3. The van der Waals surface area contributed by atoms with Crippen LogP contribution in [0.5, 0.6) is 0 Å². The highest BCUT2D eigenvalue weighted by Gasteiger charge is 2.06. The van der Waals surface area contributed by atoms with Gasteiger partial charge in [0.1, 0.15) is 0 Å². The average Bonchev–Trinajstić information content (AvgIpc) is 3.02. The lowest BCUT2D eigenvalue weighted by Crippen LogP contribution is -2.27. The molecule has 0 fully saturated rings. The molecule has 0 atom stereocenters. The Hall–Kier alpha value is -0.570. The predicted octanol–water partition coefficient (Wildman–Crippen LogP) is 14.1. The molecule has 0 aromatic rings. The van der Waals surface area contributed by atoms with Gasteiger partial charge in [-0.25, -0.2) is 0 Å². The van der Waals surface area contributed by atoms with Crippen LogP contribution in [0.1, 0.15) is 239 Å². The third-order valence-electron chi connectivity index (χ3n) is 9.77. The monoisotopic (exact) mass is 622 g/mol. The van der Waals surface area contributed by atoms with Crippen LogP contribution in [0.3, 0.4) is 0 Å². The summed E-state index contributed by atoms with van der Waals surface area (Å²) < 4.78 is 0. The first-order chi connectivity index (χ1) is 21.7. The highest BCUT2D eigenvalue weighted by Crippen LogP contribution is 2.16. The van der Waals surface area contributed by atoms with Gasteiger partial charge in [-0.15, -0.1) is 0 Å². The molecule has 0 heterocycles. The van der Waals surface area contributed by atoms with Gasteiger partial charge in [0.25, 0.3) is 0 Å². The number of carboxylic acid groups (broad SMARTS) is 1. The van der Waals surface area contributed by atoms with Gasteiger partial charge < -0.3 is 10.0 Å². The highest BCUT2D eigenvalue weighted by molar-refractivity contribution is 5.66. The van der Waals surface area contributed by atoms with E-state index in [-0.39, 0.29) is 0 Å².